The predicted molar refractivity (Wildman–Crippen MR) is 96.2 cm³/mol. The van der Waals surface area contributed by atoms with Crippen molar-refractivity contribution in [1.29, 1.82) is 0 Å². The molecule has 0 bridgehead atoms. The van der Waals surface area contributed by atoms with Gasteiger partial charge < -0.3 is 10.6 Å². The van der Waals surface area contributed by atoms with Crippen molar-refractivity contribution in [3.05, 3.63) is 22.4 Å². The topological polar surface area (TPSA) is 78.5 Å². The van der Waals surface area contributed by atoms with E-state index in [1.807, 2.05) is 24.4 Å². The summed E-state index contributed by atoms with van der Waals surface area (Å²) in [4.78, 5) is 39.3. The Balaban J connectivity index is 1.47. The van der Waals surface area contributed by atoms with Gasteiger partial charge in [0.15, 0.2) is 0 Å². The first-order chi connectivity index (χ1) is 12.1. The summed E-state index contributed by atoms with van der Waals surface area (Å²) < 4.78 is 0. The van der Waals surface area contributed by atoms with Gasteiger partial charge in [0.25, 0.3) is 5.91 Å². The van der Waals surface area contributed by atoms with Crippen LogP contribution in [-0.2, 0) is 9.59 Å². The lowest BCUT2D eigenvalue weighted by Gasteiger charge is -2.20. The Labute approximate surface area is 152 Å². The second-order valence-corrected chi connectivity index (χ2v) is 7.80. The monoisotopic (exact) mass is 363 g/mol. The zero-order valence-corrected chi connectivity index (χ0v) is 15.4. The zero-order chi connectivity index (χ0) is 17.9. The van der Waals surface area contributed by atoms with Gasteiger partial charge >= 0.3 is 6.03 Å². The molecule has 25 heavy (non-hydrogen) atoms. The van der Waals surface area contributed by atoms with Crippen molar-refractivity contribution in [2.75, 3.05) is 6.54 Å². The van der Waals surface area contributed by atoms with E-state index < -0.39 is 5.54 Å². The Kier molecular flexibility index (Phi) is 5.42. The third-order valence-corrected chi connectivity index (χ3v) is 6.10. The van der Waals surface area contributed by atoms with Crippen molar-refractivity contribution in [1.82, 2.24) is 15.5 Å². The van der Waals surface area contributed by atoms with E-state index in [1.165, 1.54) is 4.90 Å². The summed E-state index contributed by atoms with van der Waals surface area (Å²) in [5.41, 5.74) is -0.661. The van der Waals surface area contributed by atoms with E-state index in [0.29, 0.717) is 19.4 Å². The van der Waals surface area contributed by atoms with Crippen LogP contribution in [0.25, 0.3) is 0 Å². The molecule has 6 nitrogen and oxygen atoms in total. The van der Waals surface area contributed by atoms with Crippen LogP contribution in [0.4, 0.5) is 4.79 Å². The average Bonchev–Trinajstić information content (AvgIpc) is 3.31. The maximum Gasteiger partial charge on any atom is 0.325 e. The molecule has 1 saturated heterocycles. The van der Waals surface area contributed by atoms with Gasteiger partial charge in [-0.3, -0.25) is 14.5 Å². The summed E-state index contributed by atoms with van der Waals surface area (Å²) in [6, 6.07) is 3.72. The van der Waals surface area contributed by atoms with Crippen molar-refractivity contribution >= 4 is 29.2 Å². The SMILES string of the molecule is CCC(NC(=O)CCCN1C(=O)NC2(CCCC2)C1=O)c1cccs1. The van der Waals surface area contributed by atoms with Gasteiger partial charge in [-0.1, -0.05) is 25.8 Å². The zero-order valence-electron chi connectivity index (χ0n) is 14.5. The Morgan fingerprint density at radius 2 is 2.16 bits per heavy atom. The molecule has 7 heteroatoms. The summed E-state index contributed by atoms with van der Waals surface area (Å²) in [5.74, 6) is -0.150. The van der Waals surface area contributed by atoms with E-state index in [2.05, 4.69) is 10.6 Å². The number of urea groups is 1. The van der Waals surface area contributed by atoms with Gasteiger partial charge in [0, 0.05) is 17.8 Å². The summed E-state index contributed by atoms with van der Waals surface area (Å²) in [6.45, 7) is 2.34. The van der Waals surface area contributed by atoms with E-state index in [9.17, 15) is 14.4 Å². The Morgan fingerprint density at radius 3 is 2.80 bits per heavy atom. The summed E-state index contributed by atoms with van der Waals surface area (Å²) in [6.07, 6.45) is 5.05. The number of thiophene rings is 1. The average molecular weight is 363 g/mol. The lowest BCUT2D eigenvalue weighted by Crippen LogP contribution is -2.44. The Hall–Kier alpha value is -1.89. The Morgan fingerprint density at radius 1 is 1.40 bits per heavy atom. The molecule has 2 N–H and O–H groups in total. The standard InChI is InChI=1S/C18H25N3O3S/c1-2-13(14-7-6-12-25-14)19-15(22)8-5-11-21-16(23)18(20-17(21)24)9-3-4-10-18/h6-7,12-13H,2-5,8-11H2,1H3,(H,19,22)(H,20,24). The van der Waals surface area contributed by atoms with Crippen LogP contribution in [0.15, 0.2) is 17.5 Å². The van der Waals surface area contributed by atoms with Gasteiger partial charge in [-0.2, -0.15) is 0 Å². The van der Waals surface area contributed by atoms with Gasteiger partial charge in [0.2, 0.25) is 5.91 Å². The summed E-state index contributed by atoms with van der Waals surface area (Å²) >= 11 is 1.63. The fourth-order valence-corrected chi connectivity index (χ4v) is 4.59. The molecule has 1 atom stereocenters. The number of carbonyl (C=O) groups is 3. The molecule has 3 rings (SSSR count). The van der Waals surface area contributed by atoms with Crippen molar-refractivity contribution < 1.29 is 14.4 Å². The number of nitrogens with zero attached hydrogens (tertiary/aromatic N) is 1. The quantitative estimate of drug-likeness (QED) is 0.731. The number of hydrogen-bond donors (Lipinski definition) is 2. The highest BCUT2D eigenvalue weighted by molar-refractivity contribution is 7.10. The molecular weight excluding hydrogens is 338 g/mol. The number of amides is 4. The van der Waals surface area contributed by atoms with Gasteiger partial charge in [0.1, 0.15) is 5.54 Å². The van der Waals surface area contributed by atoms with Gasteiger partial charge in [-0.05, 0) is 37.1 Å². The van der Waals surface area contributed by atoms with Crippen molar-refractivity contribution in [3.8, 4) is 0 Å². The lowest BCUT2D eigenvalue weighted by molar-refractivity contribution is -0.131. The summed E-state index contributed by atoms with van der Waals surface area (Å²) in [7, 11) is 0. The minimum absolute atomic E-state index is 0.0333. The highest BCUT2D eigenvalue weighted by Gasteiger charge is 2.51. The second kappa shape index (κ2) is 7.56. The molecule has 1 aliphatic carbocycles. The highest BCUT2D eigenvalue weighted by atomic mass is 32.1. The molecule has 1 aromatic rings. The Bertz CT molecular complexity index is 638. The van der Waals surface area contributed by atoms with Crippen LogP contribution < -0.4 is 10.6 Å². The fraction of sp³-hybridized carbons (Fsp3) is 0.611. The number of carbonyl (C=O) groups excluding carboxylic acids is 3. The van der Waals surface area contributed by atoms with Gasteiger partial charge in [-0.15, -0.1) is 11.3 Å². The maximum absolute atomic E-state index is 12.5. The first-order valence-corrected chi connectivity index (χ1v) is 9.90. The van der Waals surface area contributed by atoms with E-state index in [0.717, 1.165) is 37.0 Å². The van der Waals surface area contributed by atoms with E-state index >= 15 is 0 Å². The normalized spacial score (nSPS) is 20.1. The van der Waals surface area contributed by atoms with Crippen LogP contribution in [-0.4, -0.2) is 34.8 Å². The van der Waals surface area contributed by atoms with Crippen LogP contribution in [0.5, 0.6) is 0 Å². The lowest BCUT2D eigenvalue weighted by atomic mass is 9.98. The maximum atomic E-state index is 12.5. The first-order valence-electron chi connectivity index (χ1n) is 9.02. The van der Waals surface area contributed by atoms with Crippen LogP contribution in [0, 0.1) is 0 Å². The molecule has 1 saturated carbocycles. The van der Waals surface area contributed by atoms with E-state index in [-0.39, 0.29) is 23.9 Å². The van der Waals surface area contributed by atoms with Crippen molar-refractivity contribution in [2.24, 2.45) is 0 Å². The van der Waals surface area contributed by atoms with Crippen LogP contribution in [0.3, 0.4) is 0 Å². The smallest absolute Gasteiger partial charge is 0.325 e. The minimum Gasteiger partial charge on any atom is -0.348 e. The number of rotatable bonds is 7. The molecule has 0 aromatic carbocycles. The predicted octanol–water partition coefficient (Wildman–Crippen LogP) is 2.96. The fourth-order valence-electron chi connectivity index (χ4n) is 3.72. The third-order valence-electron chi connectivity index (χ3n) is 5.12. The minimum atomic E-state index is -0.661. The molecule has 2 fully saturated rings. The van der Waals surface area contributed by atoms with Gasteiger partial charge in [0.05, 0.1) is 6.04 Å². The molecule has 4 amide bonds. The number of imide groups is 1. The molecule has 1 spiro atoms. The molecule has 1 aromatic heterocycles. The summed E-state index contributed by atoms with van der Waals surface area (Å²) in [5, 5.41) is 7.90. The molecule has 136 valence electrons. The number of hydrogen-bond acceptors (Lipinski definition) is 4. The molecular formula is C18H25N3O3S. The van der Waals surface area contributed by atoms with Crippen molar-refractivity contribution in [3.63, 3.8) is 0 Å². The largest absolute Gasteiger partial charge is 0.348 e. The third kappa shape index (κ3) is 3.71. The second-order valence-electron chi connectivity index (χ2n) is 6.82. The molecule has 2 heterocycles. The molecule has 1 aliphatic heterocycles. The van der Waals surface area contributed by atoms with Crippen LogP contribution in [0.1, 0.15) is 62.8 Å². The van der Waals surface area contributed by atoms with Gasteiger partial charge in [-0.25, -0.2) is 4.79 Å². The molecule has 0 radical (unpaired) electrons. The number of nitrogens with one attached hydrogen (secondary N) is 2. The molecule has 1 unspecified atom stereocenters. The highest BCUT2D eigenvalue weighted by Crippen LogP contribution is 2.35. The van der Waals surface area contributed by atoms with E-state index in [4.69, 9.17) is 0 Å². The van der Waals surface area contributed by atoms with Crippen molar-refractivity contribution in [2.45, 2.75) is 63.5 Å². The van der Waals surface area contributed by atoms with E-state index in [1.54, 1.807) is 11.3 Å². The van der Waals surface area contributed by atoms with Crippen LogP contribution in [0.2, 0.25) is 0 Å². The molecule has 2 aliphatic rings. The first kappa shape index (κ1) is 17.9. The van der Waals surface area contributed by atoms with Crippen LogP contribution >= 0.6 is 11.3 Å².